The van der Waals surface area contributed by atoms with E-state index in [1.165, 1.54) is 31.1 Å². The zero-order chi connectivity index (χ0) is 17.4. The van der Waals surface area contributed by atoms with E-state index >= 15 is 0 Å². The molecule has 5 heteroatoms. The molecule has 1 saturated carbocycles. The Morgan fingerprint density at radius 1 is 1.20 bits per heavy atom. The summed E-state index contributed by atoms with van der Waals surface area (Å²) in [5, 5.41) is 11.3. The van der Waals surface area contributed by atoms with E-state index in [4.69, 9.17) is 4.74 Å². The van der Waals surface area contributed by atoms with Crippen LogP contribution in [0.15, 0.2) is 42.5 Å². The number of aryl methyl sites for hydroxylation is 1. The molecule has 25 heavy (non-hydrogen) atoms. The standard InChI is InChI=1S/C20H22N2O3/c1-25-20-11-6-14(12-19(20)22(23)24)13-21(16-8-9-16)18-10-7-15-4-2-3-5-17(15)18/h2-6,11-12,16,18H,7-10,13H2,1H3/t18-/m1/s1. The molecule has 2 aromatic carbocycles. The van der Waals surface area contributed by atoms with E-state index in [2.05, 4.69) is 29.2 Å². The van der Waals surface area contributed by atoms with Crippen LogP contribution in [-0.2, 0) is 13.0 Å². The summed E-state index contributed by atoms with van der Waals surface area (Å²) in [5.41, 5.74) is 3.89. The van der Waals surface area contributed by atoms with Gasteiger partial charge in [-0.15, -0.1) is 0 Å². The van der Waals surface area contributed by atoms with Gasteiger partial charge in [0, 0.05) is 24.7 Å². The molecule has 0 aliphatic heterocycles. The molecule has 5 nitrogen and oxygen atoms in total. The summed E-state index contributed by atoms with van der Waals surface area (Å²) < 4.78 is 5.12. The fraction of sp³-hybridized carbons (Fsp3) is 0.400. The number of fused-ring (bicyclic) bond motifs is 1. The number of methoxy groups -OCH3 is 1. The molecule has 0 N–H and O–H groups in total. The Kier molecular flexibility index (Phi) is 4.17. The van der Waals surface area contributed by atoms with Gasteiger partial charge in [0.15, 0.2) is 5.75 Å². The van der Waals surface area contributed by atoms with Gasteiger partial charge in [-0.25, -0.2) is 0 Å². The molecule has 4 rings (SSSR count). The van der Waals surface area contributed by atoms with Gasteiger partial charge in [-0.1, -0.05) is 30.3 Å². The lowest BCUT2D eigenvalue weighted by Gasteiger charge is -2.30. The zero-order valence-electron chi connectivity index (χ0n) is 14.4. The van der Waals surface area contributed by atoms with Crippen molar-refractivity contribution in [1.29, 1.82) is 0 Å². The summed E-state index contributed by atoms with van der Waals surface area (Å²) in [6.07, 6.45) is 4.69. The van der Waals surface area contributed by atoms with E-state index in [0.29, 0.717) is 17.8 Å². The van der Waals surface area contributed by atoms with Crippen LogP contribution in [0.4, 0.5) is 5.69 Å². The molecule has 130 valence electrons. The lowest BCUT2D eigenvalue weighted by atomic mass is 10.1. The quantitative estimate of drug-likeness (QED) is 0.583. The van der Waals surface area contributed by atoms with Crippen LogP contribution in [0.2, 0.25) is 0 Å². The van der Waals surface area contributed by atoms with Gasteiger partial charge in [-0.3, -0.25) is 15.0 Å². The maximum Gasteiger partial charge on any atom is 0.311 e. The molecule has 0 heterocycles. The van der Waals surface area contributed by atoms with Crippen molar-refractivity contribution in [3.63, 3.8) is 0 Å². The molecule has 0 saturated heterocycles. The third-order valence-corrected chi connectivity index (χ3v) is 5.32. The summed E-state index contributed by atoms with van der Waals surface area (Å²) in [4.78, 5) is 13.5. The van der Waals surface area contributed by atoms with E-state index in [1.807, 2.05) is 6.07 Å². The van der Waals surface area contributed by atoms with Crippen LogP contribution in [0.3, 0.4) is 0 Å². The topological polar surface area (TPSA) is 55.6 Å². The lowest BCUT2D eigenvalue weighted by molar-refractivity contribution is -0.385. The average molecular weight is 338 g/mol. The largest absolute Gasteiger partial charge is 0.490 e. The maximum absolute atomic E-state index is 11.3. The van der Waals surface area contributed by atoms with Crippen molar-refractivity contribution in [1.82, 2.24) is 4.90 Å². The Morgan fingerprint density at radius 2 is 2.00 bits per heavy atom. The maximum atomic E-state index is 11.3. The first-order valence-corrected chi connectivity index (χ1v) is 8.82. The molecule has 0 aromatic heterocycles. The minimum absolute atomic E-state index is 0.0440. The van der Waals surface area contributed by atoms with E-state index in [9.17, 15) is 10.1 Å². The summed E-state index contributed by atoms with van der Waals surface area (Å²) in [6.45, 7) is 0.745. The molecule has 0 radical (unpaired) electrons. The van der Waals surface area contributed by atoms with Gasteiger partial charge in [0.05, 0.1) is 12.0 Å². The fourth-order valence-electron chi connectivity index (χ4n) is 3.97. The van der Waals surface area contributed by atoms with Crippen molar-refractivity contribution in [2.24, 2.45) is 0 Å². The van der Waals surface area contributed by atoms with Crippen LogP contribution in [0.25, 0.3) is 0 Å². The monoisotopic (exact) mass is 338 g/mol. The van der Waals surface area contributed by atoms with Crippen molar-refractivity contribution in [3.05, 3.63) is 69.3 Å². The lowest BCUT2D eigenvalue weighted by Crippen LogP contribution is -2.29. The second kappa shape index (κ2) is 6.48. The van der Waals surface area contributed by atoms with Crippen LogP contribution in [0.1, 0.15) is 42.0 Å². The second-order valence-corrected chi connectivity index (χ2v) is 6.92. The predicted octanol–water partition coefficient (Wildman–Crippen LogP) is 4.26. The van der Waals surface area contributed by atoms with Gasteiger partial charge in [0.1, 0.15) is 0 Å². The second-order valence-electron chi connectivity index (χ2n) is 6.92. The van der Waals surface area contributed by atoms with Crippen LogP contribution in [-0.4, -0.2) is 23.0 Å². The Hall–Kier alpha value is -2.40. The van der Waals surface area contributed by atoms with Gasteiger partial charge in [0.2, 0.25) is 0 Å². The Balaban J connectivity index is 1.62. The number of hydrogen-bond donors (Lipinski definition) is 0. The number of ether oxygens (including phenoxy) is 1. The number of nitro benzene ring substituents is 1. The van der Waals surface area contributed by atoms with E-state index in [1.54, 1.807) is 12.1 Å². The number of rotatable bonds is 6. The predicted molar refractivity (Wildman–Crippen MR) is 95.7 cm³/mol. The van der Waals surface area contributed by atoms with Gasteiger partial charge in [0.25, 0.3) is 0 Å². The van der Waals surface area contributed by atoms with Crippen molar-refractivity contribution < 1.29 is 9.66 Å². The first-order valence-electron chi connectivity index (χ1n) is 8.82. The van der Waals surface area contributed by atoms with Crippen LogP contribution >= 0.6 is 0 Å². The Bertz CT molecular complexity index is 801. The highest BCUT2D eigenvalue weighted by molar-refractivity contribution is 5.48. The van der Waals surface area contributed by atoms with Crippen LogP contribution in [0.5, 0.6) is 5.75 Å². The number of nitro groups is 1. The number of benzene rings is 2. The van der Waals surface area contributed by atoms with Gasteiger partial charge < -0.3 is 4.74 Å². The van der Waals surface area contributed by atoms with Crippen molar-refractivity contribution >= 4 is 5.69 Å². The zero-order valence-corrected chi connectivity index (χ0v) is 14.4. The molecule has 2 aliphatic rings. The number of hydrogen-bond acceptors (Lipinski definition) is 4. The molecular weight excluding hydrogens is 316 g/mol. The number of nitrogens with zero attached hydrogens (tertiary/aromatic N) is 2. The van der Waals surface area contributed by atoms with Crippen molar-refractivity contribution in [2.75, 3.05) is 7.11 Å². The minimum atomic E-state index is -0.366. The molecule has 0 bridgehead atoms. The summed E-state index contributed by atoms with van der Waals surface area (Å²) in [6, 6.07) is 15.0. The van der Waals surface area contributed by atoms with E-state index in [-0.39, 0.29) is 10.6 Å². The summed E-state index contributed by atoms with van der Waals surface area (Å²) in [7, 11) is 1.47. The summed E-state index contributed by atoms with van der Waals surface area (Å²) in [5.74, 6) is 0.318. The SMILES string of the molecule is COc1ccc(CN(C2CC2)[C@@H]2CCc3ccccc32)cc1[N+](=O)[O-]. The van der Waals surface area contributed by atoms with Crippen molar-refractivity contribution in [3.8, 4) is 5.75 Å². The summed E-state index contributed by atoms with van der Waals surface area (Å²) >= 11 is 0. The average Bonchev–Trinajstić information content (AvgIpc) is 3.38. The normalized spacial score (nSPS) is 19.0. The minimum Gasteiger partial charge on any atom is -0.490 e. The van der Waals surface area contributed by atoms with E-state index < -0.39 is 0 Å². The van der Waals surface area contributed by atoms with Gasteiger partial charge in [-0.05, 0) is 48.4 Å². The fourth-order valence-corrected chi connectivity index (χ4v) is 3.97. The molecule has 1 fully saturated rings. The molecule has 0 amide bonds. The highest BCUT2D eigenvalue weighted by Gasteiger charge is 2.37. The molecule has 0 unspecified atom stereocenters. The van der Waals surface area contributed by atoms with Crippen LogP contribution < -0.4 is 4.74 Å². The first kappa shape index (κ1) is 16.1. The third-order valence-electron chi connectivity index (χ3n) is 5.32. The molecular formula is C20H22N2O3. The molecule has 0 spiro atoms. The van der Waals surface area contributed by atoms with Crippen LogP contribution in [0, 0.1) is 10.1 Å². The highest BCUT2D eigenvalue weighted by Crippen LogP contribution is 2.43. The van der Waals surface area contributed by atoms with Crippen molar-refractivity contribution in [2.45, 2.75) is 44.3 Å². The Morgan fingerprint density at radius 3 is 2.72 bits per heavy atom. The Labute approximate surface area is 147 Å². The van der Waals surface area contributed by atoms with Gasteiger partial charge in [-0.2, -0.15) is 0 Å². The molecule has 2 aliphatic carbocycles. The highest BCUT2D eigenvalue weighted by atomic mass is 16.6. The first-order chi connectivity index (χ1) is 12.2. The smallest absolute Gasteiger partial charge is 0.311 e. The molecule has 2 aromatic rings. The van der Waals surface area contributed by atoms with Gasteiger partial charge >= 0.3 is 5.69 Å². The third kappa shape index (κ3) is 3.12. The molecule has 1 atom stereocenters. The van der Waals surface area contributed by atoms with E-state index in [0.717, 1.165) is 24.9 Å².